The highest BCUT2D eigenvalue weighted by atomic mass is 35.5. The van der Waals surface area contributed by atoms with Gasteiger partial charge in [0.1, 0.15) is 4.90 Å². The fourth-order valence-corrected chi connectivity index (χ4v) is 5.16. The van der Waals surface area contributed by atoms with Crippen molar-refractivity contribution >= 4 is 33.2 Å². The van der Waals surface area contributed by atoms with Crippen molar-refractivity contribution in [1.82, 2.24) is 4.90 Å². The van der Waals surface area contributed by atoms with Gasteiger partial charge in [-0.05, 0) is 42.7 Å². The number of carbonyl (C=O) groups is 1. The normalized spacial score (nSPS) is 19.8. The molecule has 1 saturated heterocycles. The van der Waals surface area contributed by atoms with Crippen LogP contribution in [0.1, 0.15) is 23.7 Å². The topological polar surface area (TPSA) is 66.9 Å². The fraction of sp³-hybridized carbons (Fsp3) is 0.381. The number of anilines is 1. The highest BCUT2D eigenvalue weighted by molar-refractivity contribution is 7.93. The van der Waals surface area contributed by atoms with Gasteiger partial charge in [-0.25, -0.2) is 8.42 Å². The molecule has 3 rings (SSSR count). The summed E-state index contributed by atoms with van der Waals surface area (Å²) in [6.07, 6.45) is 0.798. The Balaban J connectivity index is 1.91. The zero-order chi connectivity index (χ0) is 21.2. The second-order valence-electron chi connectivity index (χ2n) is 7.24. The van der Waals surface area contributed by atoms with Gasteiger partial charge in [0.2, 0.25) is 0 Å². The van der Waals surface area contributed by atoms with Gasteiger partial charge >= 0.3 is 0 Å². The van der Waals surface area contributed by atoms with Gasteiger partial charge in [0.15, 0.2) is 0 Å². The second kappa shape index (κ2) is 8.73. The number of ether oxygens (including phenoxy) is 1. The Morgan fingerprint density at radius 2 is 1.90 bits per heavy atom. The molecule has 1 fully saturated rings. The van der Waals surface area contributed by atoms with Crippen LogP contribution >= 0.6 is 11.6 Å². The van der Waals surface area contributed by atoms with E-state index in [9.17, 15) is 13.2 Å². The zero-order valence-corrected chi connectivity index (χ0v) is 18.3. The molecular formula is C21H25ClN2O4S. The first-order chi connectivity index (χ1) is 13.8. The molecule has 2 aromatic rings. The van der Waals surface area contributed by atoms with E-state index in [1.54, 1.807) is 42.3 Å². The van der Waals surface area contributed by atoms with Gasteiger partial charge in [-0.3, -0.25) is 9.10 Å². The molecule has 2 aromatic carbocycles. The van der Waals surface area contributed by atoms with E-state index < -0.39 is 10.0 Å². The number of nitrogens with zero attached hydrogens (tertiary/aromatic N) is 2. The number of piperidine rings is 1. The number of likely N-dealkylation sites (tertiary alicyclic amines) is 1. The highest BCUT2D eigenvalue weighted by Gasteiger charge is 2.31. The minimum Gasteiger partial charge on any atom is -0.379 e. The first-order valence-electron chi connectivity index (χ1n) is 9.41. The van der Waals surface area contributed by atoms with Crippen LogP contribution in [-0.2, 0) is 14.8 Å². The summed E-state index contributed by atoms with van der Waals surface area (Å²) in [6, 6.07) is 13.1. The molecule has 0 spiro atoms. The lowest BCUT2D eigenvalue weighted by molar-refractivity contribution is -0.00157. The van der Waals surface area contributed by atoms with Crippen molar-refractivity contribution < 1.29 is 17.9 Å². The van der Waals surface area contributed by atoms with E-state index in [4.69, 9.17) is 16.3 Å². The van der Waals surface area contributed by atoms with E-state index in [2.05, 4.69) is 6.92 Å². The van der Waals surface area contributed by atoms with Crippen LogP contribution in [0.5, 0.6) is 0 Å². The molecule has 29 heavy (non-hydrogen) atoms. The van der Waals surface area contributed by atoms with Gasteiger partial charge < -0.3 is 9.64 Å². The number of amides is 1. The molecular weight excluding hydrogens is 412 g/mol. The maximum atomic E-state index is 13.1. The van der Waals surface area contributed by atoms with E-state index in [1.165, 1.54) is 19.2 Å². The van der Waals surface area contributed by atoms with Gasteiger partial charge in [-0.2, -0.15) is 0 Å². The van der Waals surface area contributed by atoms with Gasteiger partial charge in [0.25, 0.3) is 15.9 Å². The molecule has 0 N–H and O–H groups in total. The Bertz CT molecular complexity index is 981. The molecule has 0 aliphatic carbocycles. The monoisotopic (exact) mass is 436 g/mol. The second-order valence-corrected chi connectivity index (χ2v) is 9.59. The van der Waals surface area contributed by atoms with E-state index in [-0.39, 0.29) is 21.9 Å². The van der Waals surface area contributed by atoms with Crippen molar-refractivity contribution in [1.29, 1.82) is 0 Å². The standard InChI is InChI=1S/C21H25ClN2O4S/c1-15-11-12-24(14-19(15)28-3)21(25)16-9-10-18(22)20(13-16)29(26,27)23(2)17-7-5-4-6-8-17/h4-10,13,15,19H,11-12,14H2,1-3H3/t15-,19+/m0/s1. The maximum absolute atomic E-state index is 13.1. The lowest BCUT2D eigenvalue weighted by Crippen LogP contribution is -2.46. The van der Waals surface area contributed by atoms with E-state index in [1.807, 2.05) is 6.07 Å². The average Bonchev–Trinajstić information content (AvgIpc) is 2.73. The molecule has 0 radical (unpaired) electrons. The third kappa shape index (κ3) is 4.42. The largest absolute Gasteiger partial charge is 0.379 e. The molecule has 0 unspecified atom stereocenters. The van der Waals surface area contributed by atoms with Gasteiger partial charge in [0.05, 0.1) is 16.8 Å². The number of hydrogen-bond donors (Lipinski definition) is 0. The molecule has 1 amide bonds. The number of benzene rings is 2. The number of halogens is 1. The number of methoxy groups -OCH3 is 1. The lowest BCUT2D eigenvalue weighted by Gasteiger charge is -2.36. The van der Waals surface area contributed by atoms with Crippen molar-refractivity contribution in [3.05, 3.63) is 59.1 Å². The summed E-state index contributed by atoms with van der Waals surface area (Å²) in [7, 11) is -0.824. The van der Waals surface area contributed by atoms with E-state index in [0.29, 0.717) is 30.3 Å². The Morgan fingerprint density at radius 1 is 1.21 bits per heavy atom. The fourth-order valence-electron chi connectivity index (χ4n) is 3.47. The van der Waals surface area contributed by atoms with Crippen LogP contribution in [0, 0.1) is 5.92 Å². The van der Waals surface area contributed by atoms with Crippen LogP contribution in [0.3, 0.4) is 0 Å². The molecule has 1 heterocycles. The number of rotatable bonds is 5. The van der Waals surface area contributed by atoms with Gasteiger partial charge in [-0.15, -0.1) is 0 Å². The molecule has 0 aromatic heterocycles. The van der Waals surface area contributed by atoms with Crippen molar-refractivity contribution in [2.24, 2.45) is 5.92 Å². The van der Waals surface area contributed by atoms with Crippen LogP contribution in [0.15, 0.2) is 53.4 Å². The number of para-hydroxylation sites is 1. The third-order valence-electron chi connectivity index (χ3n) is 5.42. The predicted molar refractivity (Wildman–Crippen MR) is 114 cm³/mol. The molecule has 2 atom stereocenters. The summed E-state index contributed by atoms with van der Waals surface area (Å²) in [5, 5.41) is 0.0753. The van der Waals surface area contributed by atoms with Crippen LogP contribution in [0.2, 0.25) is 5.02 Å². The van der Waals surface area contributed by atoms with Crippen molar-refractivity contribution in [2.75, 3.05) is 31.6 Å². The number of sulfonamides is 1. The first-order valence-corrected chi connectivity index (χ1v) is 11.2. The highest BCUT2D eigenvalue weighted by Crippen LogP contribution is 2.29. The quantitative estimate of drug-likeness (QED) is 0.717. The molecule has 0 bridgehead atoms. The van der Waals surface area contributed by atoms with Crippen LogP contribution < -0.4 is 4.31 Å². The zero-order valence-electron chi connectivity index (χ0n) is 16.7. The van der Waals surface area contributed by atoms with Crippen LogP contribution in [0.4, 0.5) is 5.69 Å². The Kier molecular flexibility index (Phi) is 6.51. The predicted octanol–water partition coefficient (Wildman–Crippen LogP) is 3.66. The summed E-state index contributed by atoms with van der Waals surface area (Å²) in [5.41, 5.74) is 0.798. The van der Waals surface area contributed by atoms with Gasteiger partial charge in [-0.1, -0.05) is 36.7 Å². The number of carbonyl (C=O) groups excluding carboxylic acids is 1. The van der Waals surface area contributed by atoms with Crippen molar-refractivity contribution in [3.8, 4) is 0 Å². The van der Waals surface area contributed by atoms with Crippen molar-refractivity contribution in [3.63, 3.8) is 0 Å². The summed E-state index contributed by atoms with van der Waals surface area (Å²) < 4.78 is 32.9. The van der Waals surface area contributed by atoms with Crippen molar-refractivity contribution in [2.45, 2.75) is 24.3 Å². The summed E-state index contributed by atoms with van der Waals surface area (Å²) >= 11 is 6.22. The van der Waals surface area contributed by atoms with Crippen LogP contribution in [-0.4, -0.2) is 52.6 Å². The van der Waals surface area contributed by atoms with Gasteiger partial charge in [0, 0.05) is 32.8 Å². The minimum absolute atomic E-state index is 0.0348. The molecule has 156 valence electrons. The summed E-state index contributed by atoms with van der Waals surface area (Å²) in [4.78, 5) is 14.6. The Morgan fingerprint density at radius 3 is 2.55 bits per heavy atom. The number of hydrogen-bond acceptors (Lipinski definition) is 4. The summed E-state index contributed by atoms with van der Waals surface area (Å²) in [6.45, 7) is 3.18. The maximum Gasteiger partial charge on any atom is 0.265 e. The molecule has 8 heteroatoms. The molecule has 1 aliphatic rings. The van der Waals surface area contributed by atoms with E-state index >= 15 is 0 Å². The molecule has 0 saturated carbocycles. The Hall–Kier alpha value is -2.09. The summed E-state index contributed by atoms with van der Waals surface area (Å²) in [5.74, 6) is 0.138. The smallest absolute Gasteiger partial charge is 0.265 e. The van der Waals surface area contributed by atoms with E-state index in [0.717, 1.165) is 10.7 Å². The first kappa shape index (κ1) is 21.6. The van der Waals surface area contributed by atoms with Crippen LogP contribution in [0.25, 0.3) is 0 Å². The molecule has 6 nitrogen and oxygen atoms in total. The SMILES string of the molecule is CO[C@@H]1CN(C(=O)c2ccc(Cl)c(S(=O)(=O)N(C)c3ccccc3)c2)CC[C@@H]1C. The lowest BCUT2D eigenvalue weighted by atomic mass is 9.95. The average molecular weight is 437 g/mol. The minimum atomic E-state index is -3.93. The molecule has 1 aliphatic heterocycles. The third-order valence-corrected chi connectivity index (χ3v) is 7.68. The Labute approximate surface area is 177 Å².